The molecular weight excluding hydrogens is 142 g/mol. The van der Waals surface area contributed by atoms with Crippen LogP contribution in [0.3, 0.4) is 0 Å². The Balaban J connectivity index is 2.81. The SMILES string of the molecule is COC(N)c1ccc(O)cc1. The average molecular weight is 153 g/mol. The van der Waals surface area contributed by atoms with E-state index in [0.29, 0.717) is 0 Å². The molecule has 0 spiro atoms. The number of aromatic hydroxyl groups is 1. The van der Waals surface area contributed by atoms with Gasteiger partial charge in [0.15, 0.2) is 0 Å². The lowest BCUT2D eigenvalue weighted by Crippen LogP contribution is -2.11. The Morgan fingerprint density at radius 1 is 1.36 bits per heavy atom. The number of ether oxygens (including phenoxy) is 1. The van der Waals surface area contributed by atoms with Gasteiger partial charge < -0.3 is 15.6 Å². The molecule has 11 heavy (non-hydrogen) atoms. The number of benzene rings is 1. The van der Waals surface area contributed by atoms with E-state index in [2.05, 4.69) is 0 Å². The Kier molecular flexibility index (Phi) is 2.46. The summed E-state index contributed by atoms with van der Waals surface area (Å²) in [5, 5.41) is 8.93. The molecule has 1 rings (SSSR count). The van der Waals surface area contributed by atoms with Crippen molar-refractivity contribution in [2.45, 2.75) is 6.23 Å². The fraction of sp³-hybridized carbons (Fsp3) is 0.250. The third kappa shape index (κ3) is 1.93. The summed E-state index contributed by atoms with van der Waals surface area (Å²) in [4.78, 5) is 0. The van der Waals surface area contributed by atoms with Gasteiger partial charge in [0, 0.05) is 7.11 Å². The molecule has 3 N–H and O–H groups in total. The first-order valence-corrected chi connectivity index (χ1v) is 3.31. The molecule has 0 radical (unpaired) electrons. The molecule has 1 aromatic rings. The third-order valence-corrected chi connectivity index (χ3v) is 1.48. The van der Waals surface area contributed by atoms with E-state index in [-0.39, 0.29) is 5.75 Å². The van der Waals surface area contributed by atoms with E-state index < -0.39 is 6.23 Å². The van der Waals surface area contributed by atoms with Crippen LogP contribution in [0.5, 0.6) is 5.75 Å². The number of hydrogen-bond acceptors (Lipinski definition) is 3. The quantitative estimate of drug-likeness (QED) is 0.623. The Labute approximate surface area is 65.4 Å². The van der Waals surface area contributed by atoms with Gasteiger partial charge in [-0.1, -0.05) is 12.1 Å². The van der Waals surface area contributed by atoms with Gasteiger partial charge in [-0.15, -0.1) is 0 Å². The zero-order valence-electron chi connectivity index (χ0n) is 6.32. The molecule has 0 amide bonds. The minimum absolute atomic E-state index is 0.233. The summed E-state index contributed by atoms with van der Waals surface area (Å²) in [6, 6.07) is 6.61. The van der Waals surface area contributed by atoms with Crippen molar-refractivity contribution in [2.24, 2.45) is 5.73 Å². The summed E-state index contributed by atoms with van der Waals surface area (Å²) in [5.41, 5.74) is 6.39. The summed E-state index contributed by atoms with van der Waals surface area (Å²) < 4.78 is 4.87. The molecule has 3 nitrogen and oxygen atoms in total. The van der Waals surface area contributed by atoms with Gasteiger partial charge in [-0.2, -0.15) is 0 Å². The Morgan fingerprint density at radius 3 is 2.36 bits per heavy atom. The van der Waals surface area contributed by atoms with E-state index >= 15 is 0 Å². The van der Waals surface area contributed by atoms with Crippen molar-refractivity contribution in [1.82, 2.24) is 0 Å². The highest BCUT2D eigenvalue weighted by molar-refractivity contribution is 5.26. The second-order valence-corrected chi connectivity index (χ2v) is 2.25. The Bertz CT molecular complexity index is 220. The minimum atomic E-state index is -0.407. The number of phenols is 1. The Hall–Kier alpha value is -1.06. The molecule has 0 saturated carbocycles. The highest BCUT2D eigenvalue weighted by atomic mass is 16.5. The maximum atomic E-state index is 8.93. The van der Waals surface area contributed by atoms with Crippen molar-refractivity contribution in [3.63, 3.8) is 0 Å². The molecule has 1 unspecified atom stereocenters. The number of nitrogens with two attached hydrogens (primary N) is 1. The first-order valence-electron chi connectivity index (χ1n) is 3.31. The molecule has 0 aromatic heterocycles. The Morgan fingerprint density at radius 2 is 1.91 bits per heavy atom. The molecule has 0 aliphatic rings. The van der Waals surface area contributed by atoms with Gasteiger partial charge in [-0.05, 0) is 17.7 Å². The summed E-state index contributed by atoms with van der Waals surface area (Å²) in [6.07, 6.45) is -0.407. The van der Waals surface area contributed by atoms with E-state index in [0.717, 1.165) is 5.56 Å². The van der Waals surface area contributed by atoms with E-state index in [1.54, 1.807) is 24.3 Å². The van der Waals surface area contributed by atoms with E-state index in [1.165, 1.54) is 7.11 Å². The molecule has 60 valence electrons. The molecule has 1 aromatic carbocycles. The van der Waals surface area contributed by atoms with Gasteiger partial charge in [0.05, 0.1) is 0 Å². The van der Waals surface area contributed by atoms with Crippen LogP contribution in [0.15, 0.2) is 24.3 Å². The fourth-order valence-electron chi connectivity index (χ4n) is 0.800. The van der Waals surface area contributed by atoms with Crippen molar-refractivity contribution < 1.29 is 9.84 Å². The van der Waals surface area contributed by atoms with Crippen LogP contribution >= 0.6 is 0 Å². The molecule has 0 bridgehead atoms. The molecule has 0 heterocycles. The lowest BCUT2D eigenvalue weighted by molar-refractivity contribution is 0.109. The van der Waals surface area contributed by atoms with Crippen molar-refractivity contribution in [2.75, 3.05) is 7.11 Å². The van der Waals surface area contributed by atoms with Gasteiger partial charge in [0.1, 0.15) is 12.0 Å². The third-order valence-electron chi connectivity index (χ3n) is 1.48. The standard InChI is InChI=1S/C8H11NO2/c1-11-8(9)6-2-4-7(10)5-3-6/h2-5,8,10H,9H2,1H3. The van der Waals surface area contributed by atoms with Gasteiger partial charge in [0.2, 0.25) is 0 Å². The number of phenolic OH excluding ortho intramolecular Hbond substituents is 1. The minimum Gasteiger partial charge on any atom is -0.508 e. The van der Waals surface area contributed by atoms with Crippen molar-refractivity contribution in [3.8, 4) is 5.75 Å². The molecule has 1 atom stereocenters. The van der Waals surface area contributed by atoms with Crippen LogP contribution in [0.2, 0.25) is 0 Å². The maximum Gasteiger partial charge on any atom is 0.131 e. The van der Waals surface area contributed by atoms with Gasteiger partial charge >= 0.3 is 0 Å². The lowest BCUT2D eigenvalue weighted by atomic mass is 10.2. The van der Waals surface area contributed by atoms with Crippen LogP contribution in [0.25, 0.3) is 0 Å². The molecule has 0 fully saturated rings. The molecule has 0 aliphatic carbocycles. The van der Waals surface area contributed by atoms with Gasteiger partial charge in [-0.3, -0.25) is 0 Å². The lowest BCUT2D eigenvalue weighted by Gasteiger charge is -2.08. The van der Waals surface area contributed by atoms with Crippen molar-refractivity contribution in [3.05, 3.63) is 29.8 Å². The second-order valence-electron chi connectivity index (χ2n) is 2.25. The average Bonchev–Trinajstić information content (AvgIpc) is 2.05. The fourth-order valence-corrected chi connectivity index (χ4v) is 0.800. The summed E-state index contributed by atoms with van der Waals surface area (Å²) >= 11 is 0. The zero-order chi connectivity index (χ0) is 8.27. The highest BCUT2D eigenvalue weighted by Gasteiger charge is 2.01. The van der Waals surface area contributed by atoms with Crippen molar-refractivity contribution in [1.29, 1.82) is 0 Å². The van der Waals surface area contributed by atoms with Gasteiger partial charge in [0.25, 0.3) is 0 Å². The van der Waals surface area contributed by atoms with E-state index in [4.69, 9.17) is 15.6 Å². The molecule has 0 saturated heterocycles. The van der Waals surface area contributed by atoms with E-state index in [1.807, 2.05) is 0 Å². The van der Waals surface area contributed by atoms with Crippen molar-refractivity contribution >= 4 is 0 Å². The predicted octanol–water partition coefficient (Wildman–Crippen LogP) is 0.996. The number of hydrogen-bond donors (Lipinski definition) is 2. The normalized spacial score (nSPS) is 12.9. The summed E-state index contributed by atoms with van der Waals surface area (Å²) in [5.74, 6) is 0.233. The van der Waals surface area contributed by atoms with Crippen LogP contribution in [0, 0.1) is 0 Å². The smallest absolute Gasteiger partial charge is 0.131 e. The maximum absolute atomic E-state index is 8.93. The van der Waals surface area contributed by atoms with Crippen LogP contribution in [-0.2, 0) is 4.74 Å². The van der Waals surface area contributed by atoms with Crippen LogP contribution in [0.4, 0.5) is 0 Å². The van der Waals surface area contributed by atoms with Gasteiger partial charge in [-0.25, -0.2) is 0 Å². The molecule has 3 heteroatoms. The summed E-state index contributed by atoms with van der Waals surface area (Å²) in [6.45, 7) is 0. The highest BCUT2D eigenvalue weighted by Crippen LogP contribution is 2.14. The molecule has 0 aliphatic heterocycles. The first-order chi connectivity index (χ1) is 5.24. The molecular formula is C8H11NO2. The first kappa shape index (κ1) is 8.04. The van der Waals surface area contributed by atoms with Crippen LogP contribution < -0.4 is 5.73 Å². The number of rotatable bonds is 2. The largest absolute Gasteiger partial charge is 0.508 e. The van der Waals surface area contributed by atoms with E-state index in [9.17, 15) is 0 Å². The summed E-state index contributed by atoms with van der Waals surface area (Å²) in [7, 11) is 1.54. The topological polar surface area (TPSA) is 55.5 Å². The zero-order valence-corrected chi connectivity index (χ0v) is 6.32. The predicted molar refractivity (Wildman–Crippen MR) is 42.0 cm³/mol. The second kappa shape index (κ2) is 3.37. The number of methoxy groups -OCH3 is 1. The monoisotopic (exact) mass is 153 g/mol. The van der Waals surface area contributed by atoms with Crippen LogP contribution in [-0.4, -0.2) is 12.2 Å². The van der Waals surface area contributed by atoms with Crippen LogP contribution in [0.1, 0.15) is 11.8 Å².